The first-order chi connectivity index (χ1) is 14.9. The van der Waals surface area contributed by atoms with Gasteiger partial charge in [-0.25, -0.2) is 0 Å². The van der Waals surface area contributed by atoms with E-state index in [0.717, 1.165) is 5.56 Å². The number of carbonyl (C=O) groups is 2. The molecule has 3 aromatic rings. The standard InChI is InChI=1S/C23H16Cl3N3O2/c24-19-9-6-17(11-20(19)25)21(30)16-4-7-18(8-5-16)29-23(31)22(26)28-13-15-3-1-2-14(10-15)12-27/h1-11,22,28H,13H2,(H,29,31). The normalized spacial score (nSPS) is 11.4. The Hall–Kier alpha value is -2.88. The Balaban J connectivity index is 1.58. The van der Waals surface area contributed by atoms with Gasteiger partial charge in [0.25, 0.3) is 5.91 Å². The van der Waals surface area contributed by atoms with E-state index in [1.165, 1.54) is 6.07 Å². The van der Waals surface area contributed by atoms with Gasteiger partial charge in [-0.05, 0) is 60.2 Å². The van der Waals surface area contributed by atoms with Crippen LogP contribution >= 0.6 is 34.8 Å². The second-order valence-electron chi connectivity index (χ2n) is 6.58. The zero-order valence-corrected chi connectivity index (χ0v) is 18.3. The molecule has 31 heavy (non-hydrogen) atoms. The molecule has 0 aliphatic carbocycles. The van der Waals surface area contributed by atoms with Gasteiger partial charge in [-0.15, -0.1) is 0 Å². The number of nitrogens with one attached hydrogen (secondary N) is 2. The van der Waals surface area contributed by atoms with Crippen LogP contribution < -0.4 is 10.6 Å². The largest absolute Gasteiger partial charge is 0.324 e. The summed E-state index contributed by atoms with van der Waals surface area (Å²) in [5.74, 6) is -0.658. The van der Waals surface area contributed by atoms with Gasteiger partial charge in [0.15, 0.2) is 11.3 Å². The zero-order chi connectivity index (χ0) is 22.4. The molecular weight excluding hydrogens is 457 g/mol. The summed E-state index contributed by atoms with van der Waals surface area (Å²) in [7, 11) is 0. The predicted octanol–water partition coefficient (Wildman–Crippen LogP) is 5.39. The molecule has 8 heteroatoms. The lowest BCUT2D eigenvalue weighted by Crippen LogP contribution is -2.35. The third-order valence-corrected chi connectivity index (χ3v) is 5.46. The second kappa shape index (κ2) is 10.4. The molecule has 0 saturated heterocycles. The number of benzene rings is 3. The van der Waals surface area contributed by atoms with Gasteiger partial charge >= 0.3 is 0 Å². The van der Waals surface area contributed by atoms with Crippen LogP contribution in [0.4, 0.5) is 5.69 Å². The molecule has 5 nitrogen and oxygen atoms in total. The lowest BCUT2D eigenvalue weighted by atomic mass is 10.0. The van der Waals surface area contributed by atoms with Crippen molar-refractivity contribution in [2.75, 3.05) is 5.32 Å². The highest BCUT2D eigenvalue weighted by atomic mass is 35.5. The molecule has 2 N–H and O–H groups in total. The van der Waals surface area contributed by atoms with Crippen molar-refractivity contribution in [2.24, 2.45) is 0 Å². The summed E-state index contributed by atoms with van der Waals surface area (Å²) in [5, 5.41) is 15.2. The van der Waals surface area contributed by atoms with Gasteiger partial charge in [-0.2, -0.15) is 5.26 Å². The van der Waals surface area contributed by atoms with Crippen LogP contribution in [0.5, 0.6) is 0 Å². The van der Waals surface area contributed by atoms with Gasteiger partial charge in [0.05, 0.1) is 21.7 Å². The van der Waals surface area contributed by atoms with E-state index in [0.29, 0.717) is 39.0 Å². The van der Waals surface area contributed by atoms with E-state index < -0.39 is 11.4 Å². The fourth-order valence-corrected chi connectivity index (χ4v) is 3.20. The summed E-state index contributed by atoms with van der Waals surface area (Å²) < 4.78 is 0. The molecule has 0 aliphatic heterocycles. The number of anilines is 1. The fourth-order valence-electron chi connectivity index (χ4n) is 2.77. The van der Waals surface area contributed by atoms with Crippen LogP contribution in [0.15, 0.2) is 66.7 Å². The molecule has 0 fully saturated rings. The van der Waals surface area contributed by atoms with E-state index >= 15 is 0 Å². The predicted molar refractivity (Wildman–Crippen MR) is 123 cm³/mol. The van der Waals surface area contributed by atoms with Gasteiger partial charge in [0, 0.05) is 23.4 Å². The van der Waals surface area contributed by atoms with Crippen LogP contribution in [-0.4, -0.2) is 17.2 Å². The molecule has 0 heterocycles. The molecular formula is C23H16Cl3N3O2. The summed E-state index contributed by atoms with van der Waals surface area (Å²) in [6.45, 7) is 0.328. The molecule has 1 atom stereocenters. The minimum atomic E-state index is -0.983. The highest BCUT2D eigenvalue weighted by Gasteiger charge is 2.16. The summed E-state index contributed by atoms with van der Waals surface area (Å²) >= 11 is 18.0. The number of nitriles is 1. The topological polar surface area (TPSA) is 82.0 Å². The molecule has 0 aromatic heterocycles. The molecule has 0 spiro atoms. The molecule has 1 unspecified atom stereocenters. The summed E-state index contributed by atoms with van der Waals surface area (Å²) in [5.41, 5.74) is 1.73. The Bertz CT molecular complexity index is 1160. The minimum Gasteiger partial charge on any atom is -0.324 e. The van der Waals surface area contributed by atoms with Crippen molar-refractivity contribution >= 4 is 52.2 Å². The number of amides is 1. The maximum absolute atomic E-state index is 12.6. The van der Waals surface area contributed by atoms with Crippen molar-refractivity contribution in [1.29, 1.82) is 5.26 Å². The van der Waals surface area contributed by atoms with E-state index in [4.69, 9.17) is 40.1 Å². The van der Waals surface area contributed by atoms with Crippen molar-refractivity contribution in [1.82, 2.24) is 5.32 Å². The van der Waals surface area contributed by atoms with Crippen LogP contribution in [-0.2, 0) is 11.3 Å². The molecule has 3 rings (SSSR count). The van der Waals surface area contributed by atoms with Crippen molar-refractivity contribution in [3.8, 4) is 6.07 Å². The van der Waals surface area contributed by atoms with Crippen LogP contribution in [0, 0.1) is 11.3 Å². The quantitative estimate of drug-likeness (QED) is 0.274. The molecule has 0 radical (unpaired) electrons. The Morgan fingerprint density at radius 2 is 1.65 bits per heavy atom. The van der Waals surface area contributed by atoms with Gasteiger partial charge in [0.1, 0.15) is 0 Å². The van der Waals surface area contributed by atoms with Crippen molar-refractivity contribution in [3.63, 3.8) is 0 Å². The number of alkyl halides is 1. The first-order valence-electron chi connectivity index (χ1n) is 9.14. The molecule has 0 aliphatic rings. The number of ketones is 1. The summed E-state index contributed by atoms with van der Waals surface area (Å²) in [6.07, 6.45) is 0. The SMILES string of the molecule is N#Cc1cccc(CNC(Cl)C(=O)Nc2ccc(C(=O)c3ccc(Cl)c(Cl)c3)cc2)c1. The Labute approximate surface area is 194 Å². The minimum absolute atomic E-state index is 0.215. The van der Waals surface area contributed by atoms with Crippen LogP contribution in [0.1, 0.15) is 27.0 Å². The Morgan fingerprint density at radius 3 is 2.32 bits per heavy atom. The van der Waals surface area contributed by atoms with Crippen molar-refractivity contribution in [3.05, 3.63) is 99.0 Å². The van der Waals surface area contributed by atoms with E-state index in [9.17, 15) is 9.59 Å². The number of carbonyl (C=O) groups excluding carboxylic acids is 2. The monoisotopic (exact) mass is 471 g/mol. The Kier molecular flexibility index (Phi) is 7.67. The maximum atomic E-state index is 12.6. The highest BCUT2D eigenvalue weighted by molar-refractivity contribution is 6.42. The van der Waals surface area contributed by atoms with Gasteiger partial charge < -0.3 is 5.32 Å². The number of rotatable bonds is 7. The van der Waals surface area contributed by atoms with Crippen LogP contribution in [0.2, 0.25) is 10.0 Å². The third-order valence-electron chi connectivity index (χ3n) is 4.37. The van der Waals surface area contributed by atoms with E-state index in [2.05, 4.69) is 16.7 Å². The van der Waals surface area contributed by atoms with E-state index in [1.807, 2.05) is 6.07 Å². The zero-order valence-electron chi connectivity index (χ0n) is 16.0. The maximum Gasteiger partial charge on any atom is 0.256 e. The van der Waals surface area contributed by atoms with Gasteiger partial charge in [-0.3, -0.25) is 14.9 Å². The fraction of sp³-hybridized carbons (Fsp3) is 0.0870. The van der Waals surface area contributed by atoms with Gasteiger partial charge in [-0.1, -0.05) is 46.9 Å². The molecule has 156 valence electrons. The van der Waals surface area contributed by atoms with Crippen molar-refractivity contribution < 1.29 is 9.59 Å². The third kappa shape index (κ3) is 6.06. The number of nitrogens with zero attached hydrogens (tertiary/aromatic N) is 1. The number of hydrogen-bond donors (Lipinski definition) is 2. The van der Waals surface area contributed by atoms with Gasteiger partial charge in [0.2, 0.25) is 0 Å². The van der Waals surface area contributed by atoms with Crippen LogP contribution in [0.25, 0.3) is 0 Å². The first-order valence-corrected chi connectivity index (χ1v) is 10.3. The van der Waals surface area contributed by atoms with E-state index in [-0.39, 0.29) is 5.78 Å². The summed E-state index contributed by atoms with van der Waals surface area (Å²) in [4.78, 5) is 24.9. The summed E-state index contributed by atoms with van der Waals surface area (Å²) in [6, 6.07) is 20.2. The lowest BCUT2D eigenvalue weighted by molar-refractivity contribution is -0.116. The highest BCUT2D eigenvalue weighted by Crippen LogP contribution is 2.24. The molecule has 1 amide bonds. The van der Waals surface area contributed by atoms with Crippen molar-refractivity contribution in [2.45, 2.75) is 12.0 Å². The molecule has 0 bridgehead atoms. The average molecular weight is 473 g/mol. The van der Waals surface area contributed by atoms with E-state index in [1.54, 1.807) is 54.6 Å². The Morgan fingerprint density at radius 1 is 0.935 bits per heavy atom. The first kappa shape index (κ1) is 22.8. The smallest absolute Gasteiger partial charge is 0.256 e. The molecule has 3 aromatic carbocycles. The number of halogens is 3. The lowest BCUT2D eigenvalue weighted by Gasteiger charge is -2.13. The molecule has 0 saturated carbocycles. The second-order valence-corrected chi connectivity index (χ2v) is 7.83. The average Bonchev–Trinajstić information content (AvgIpc) is 2.79. The van der Waals surface area contributed by atoms with Crippen LogP contribution in [0.3, 0.4) is 0 Å². The number of hydrogen-bond acceptors (Lipinski definition) is 4.